The average Bonchev–Trinajstić information content (AvgIpc) is 2.71. The quantitative estimate of drug-likeness (QED) is 0.755. The number of nitrogens with zero attached hydrogens (tertiary/aromatic N) is 2. The number of aryl methyl sites for hydroxylation is 1. The van der Waals surface area contributed by atoms with E-state index < -0.39 is 0 Å². The van der Waals surface area contributed by atoms with Gasteiger partial charge in [-0.3, -0.25) is 4.79 Å². The van der Waals surface area contributed by atoms with Gasteiger partial charge in [0.25, 0.3) is 5.91 Å². The Hall–Kier alpha value is -2.53. The van der Waals surface area contributed by atoms with Crippen LogP contribution in [-0.2, 0) is 0 Å². The summed E-state index contributed by atoms with van der Waals surface area (Å²) in [4.78, 5) is 17.4. The van der Waals surface area contributed by atoms with Gasteiger partial charge in [-0.05, 0) is 62.6 Å². The van der Waals surface area contributed by atoms with Crippen LogP contribution in [0.15, 0.2) is 42.5 Å². The van der Waals surface area contributed by atoms with Gasteiger partial charge in [0.05, 0.1) is 12.2 Å². The van der Waals surface area contributed by atoms with Crippen LogP contribution in [0, 0.1) is 6.92 Å². The summed E-state index contributed by atoms with van der Waals surface area (Å²) in [5.74, 6) is 0.0765. The molecule has 5 nitrogen and oxygen atoms in total. The maximum Gasteiger partial charge on any atom is 0.258 e. The van der Waals surface area contributed by atoms with Gasteiger partial charge in [-0.2, -0.15) is 0 Å². The van der Waals surface area contributed by atoms with E-state index in [-0.39, 0.29) is 24.7 Å². The fourth-order valence-corrected chi connectivity index (χ4v) is 3.90. The Labute approximate surface area is 168 Å². The molecule has 1 aliphatic rings. The molecule has 0 saturated carbocycles. The van der Waals surface area contributed by atoms with Gasteiger partial charge >= 0.3 is 0 Å². The predicted molar refractivity (Wildman–Crippen MR) is 115 cm³/mol. The highest BCUT2D eigenvalue weighted by atomic mass is 16.3. The van der Waals surface area contributed by atoms with Crippen LogP contribution in [0.5, 0.6) is 0 Å². The summed E-state index contributed by atoms with van der Waals surface area (Å²) in [7, 11) is 0. The maximum absolute atomic E-state index is 13.3. The van der Waals surface area contributed by atoms with E-state index in [4.69, 9.17) is 0 Å². The smallest absolute Gasteiger partial charge is 0.258 e. The SMILES string of the molecule is CC[C@@H](C)N1C(=O)c2ccccc2N[C@@H]1c1ccc(N(CC)CCO)cc1C. The number of benzene rings is 2. The zero-order chi connectivity index (χ0) is 20.3. The molecule has 0 fully saturated rings. The predicted octanol–water partition coefficient (Wildman–Crippen LogP) is 4.18. The molecule has 2 aromatic rings. The normalized spacial score (nSPS) is 17.1. The first-order chi connectivity index (χ1) is 13.5. The van der Waals surface area contributed by atoms with Crippen molar-refractivity contribution in [2.24, 2.45) is 0 Å². The van der Waals surface area contributed by atoms with Crippen LogP contribution in [0.3, 0.4) is 0 Å². The molecule has 2 N–H and O–H groups in total. The van der Waals surface area contributed by atoms with Crippen LogP contribution in [-0.4, -0.2) is 41.7 Å². The first kappa shape index (κ1) is 20.2. The highest BCUT2D eigenvalue weighted by Crippen LogP contribution is 2.37. The van der Waals surface area contributed by atoms with Crippen molar-refractivity contribution in [3.05, 3.63) is 59.2 Å². The number of hydrogen-bond acceptors (Lipinski definition) is 4. The summed E-state index contributed by atoms with van der Waals surface area (Å²) in [6.45, 7) is 9.97. The topological polar surface area (TPSA) is 55.8 Å². The van der Waals surface area contributed by atoms with E-state index in [2.05, 4.69) is 56.1 Å². The molecule has 0 aliphatic carbocycles. The van der Waals surface area contributed by atoms with E-state index in [0.717, 1.165) is 41.0 Å². The lowest BCUT2D eigenvalue weighted by molar-refractivity contribution is 0.0593. The molecule has 3 rings (SSSR count). The van der Waals surface area contributed by atoms with Crippen molar-refractivity contribution in [2.75, 3.05) is 29.9 Å². The number of hydrogen-bond donors (Lipinski definition) is 2. The molecule has 0 bridgehead atoms. The van der Waals surface area contributed by atoms with Crippen molar-refractivity contribution in [2.45, 2.75) is 46.3 Å². The van der Waals surface area contributed by atoms with Crippen LogP contribution >= 0.6 is 0 Å². The zero-order valence-electron chi connectivity index (χ0n) is 17.3. The van der Waals surface area contributed by atoms with Gasteiger partial charge in [-0.25, -0.2) is 0 Å². The van der Waals surface area contributed by atoms with Crippen LogP contribution in [0.4, 0.5) is 11.4 Å². The molecule has 28 heavy (non-hydrogen) atoms. The van der Waals surface area contributed by atoms with Gasteiger partial charge in [0.2, 0.25) is 0 Å². The molecule has 0 spiro atoms. The third-order valence-corrected chi connectivity index (χ3v) is 5.69. The van der Waals surface area contributed by atoms with Crippen LogP contribution in [0.2, 0.25) is 0 Å². The Kier molecular flexibility index (Phi) is 6.25. The second kappa shape index (κ2) is 8.65. The summed E-state index contributed by atoms with van der Waals surface area (Å²) < 4.78 is 0. The highest BCUT2D eigenvalue weighted by molar-refractivity contribution is 6.02. The molecule has 0 saturated heterocycles. The fourth-order valence-electron chi connectivity index (χ4n) is 3.90. The summed E-state index contributed by atoms with van der Waals surface area (Å²) in [5.41, 5.74) is 4.94. The van der Waals surface area contributed by atoms with E-state index in [1.54, 1.807) is 0 Å². The lowest BCUT2D eigenvalue weighted by atomic mass is 9.97. The summed E-state index contributed by atoms with van der Waals surface area (Å²) >= 11 is 0. The number of rotatable bonds is 7. The Balaban J connectivity index is 2.01. The largest absolute Gasteiger partial charge is 0.395 e. The minimum absolute atomic E-state index is 0.0765. The number of aliphatic hydroxyl groups is 1. The van der Waals surface area contributed by atoms with Crippen molar-refractivity contribution in [1.29, 1.82) is 0 Å². The molecule has 2 atom stereocenters. The van der Waals surface area contributed by atoms with Gasteiger partial charge in [-0.1, -0.05) is 25.1 Å². The molecule has 0 unspecified atom stereocenters. The van der Waals surface area contributed by atoms with Crippen LogP contribution in [0.1, 0.15) is 54.8 Å². The van der Waals surface area contributed by atoms with Crippen LogP contribution < -0.4 is 10.2 Å². The van der Waals surface area contributed by atoms with E-state index in [1.165, 1.54) is 0 Å². The molecule has 150 valence electrons. The first-order valence-electron chi connectivity index (χ1n) is 10.2. The average molecular weight is 382 g/mol. The number of aliphatic hydroxyl groups excluding tert-OH is 1. The number of anilines is 2. The molecule has 1 aliphatic heterocycles. The van der Waals surface area contributed by atoms with Gasteiger partial charge in [0.1, 0.15) is 6.17 Å². The van der Waals surface area contributed by atoms with E-state index in [0.29, 0.717) is 6.54 Å². The number of amides is 1. The van der Waals surface area contributed by atoms with Crippen molar-refractivity contribution in [3.63, 3.8) is 0 Å². The molecule has 5 heteroatoms. The van der Waals surface area contributed by atoms with E-state index >= 15 is 0 Å². The Bertz CT molecular complexity index is 836. The van der Waals surface area contributed by atoms with Crippen LogP contribution in [0.25, 0.3) is 0 Å². The number of fused-ring (bicyclic) bond motifs is 1. The van der Waals surface area contributed by atoms with Gasteiger partial charge in [0.15, 0.2) is 0 Å². The monoisotopic (exact) mass is 381 g/mol. The molecule has 0 radical (unpaired) electrons. The Morgan fingerprint density at radius 2 is 1.96 bits per heavy atom. The number of likely N-dealkylation sites (N-methyl/N-ethyl adjacent to an activating group) is 1. The summed E-state index contributed by atoms with van der Waals surface area (Å²) in [5, 5.41) is 12.9. The third kappa shape index (κ3) is 3.72. The fraction of sp³-hybridized carbons (Fsp3) is 0.435. The molecular weight excluding hydrogens is 350 g/mol. The standard InChI is InChI=1S/C23H31N3O2/c1-5-17(4)26-22(24-21-10-8-7-9-20(21)23(26)28)19-12-11-18(15-16(19)3)25(6-2)13-14-27/h7-12,15,17,22,24,27H,5-6,13-14H2,1-4H3/t17-,22+/m1/s1. The van der Waals surface area contributed by atoms with Crippen molar-refractivity contribution in [3.8, 4) is 0 Å². The Morgan fingerprint density at radius 1 is 1.21 bits per heavy atom. The molecule has 1 amide bonds. The minimum Gasteiger partial charge on any atom is -0.395 e. The maximum atomic E-state index is 13.3. The number of carbonyl (C=O) groups is 1. The first-order valence-corrected chi connectivity index (χ1v) is 10.2. The zero-order valence-corrected chi connectivity index (χ0v) is 17.3. The van der Waals surface area contributed by atoms with Gasteiger partial charge in [0, 0.05) is 30.5 Å². The number of carbonyl (C=O) groups excluding carboxylic acids is 1. The van der Waals surface area contributed by atoms with Crippen molar-refractivity contribution < 1.29 is 9.90 Å². The van der Waals surface area contributed by atoms with Crippen molar-refractivity contribution in [1.82, 2.24) is 4.90 Å². The molecule has 0 aromatic heterocycles. The third-order valence-electron chi connectivity index (χ3n) is 5.69. The van der Waals surface area contributed by atoms with Gasteiger partial charge < -0.3 is 20.2 Å². The van der Waals surface area contributed by atoms with Crippen molar-refractivity contribution >= 4 is 17.3 Å². The molecule has 2 aromatic carbocycles. The molecule has 1 heterocycles. The second-order valence-corrected chi connectivity index (χ2v) is 7.41. The lowest BCUT2D eigenvalue weighted by Gasteiger charge is -2.42. The lowest BCUT2D eigenvalue weighted by Crippen LogP contribution is -2.47. The van der Waals surface area contributed by atoms with E-state index in [9.17, 15) is 9.90 Å². The number of para-hydroxylation sites is 1. The number of nitrogens with one attached hydrogen (secondary N) is 1. The second-order valence-electron chi connectivity index (χ2n) is 7.41. The van der Waals surface area contributed by atoms with Gasteiger partial charge in [-0.15, -0.1) is 0 Å². The van der Waals surface area contributed by atoms with E-state index in [1.807, 2.05) is 29.2 Å². The molecular formula is C23H31N3O2. The summed E-state index contributed by atoms with van der Waals surface area (Å²) in [6.07, 6.45) is 0.697. The summed E-state index contributed by atoms with van der Waals surface area (Å²) in [6, 6.07) is 14.2. The highest BCUT2D eigenvalue weighted by Gasteiger charge is 2.35. The minimum atomic E-state index is -0.195. The Morgan fingerprint density at radius 3 is 2.61 bits per heavy atom.